The van der Waals surface area contributed by atoms with Crippen molar-refractivity contribution in [3.05, 3.63) is 0 Å². The van der Waals surface area contributed by atoms with Gasteiger partial charge in [-0.1, -0.05) is 13.3 Å². The number of aliphatic hydroxyl groups excluding tert-OH is 1. The van der Waals surface area contributed by atoms with Crippen molar-refractivity contribution >= 4 is 0 Å². The smallest absolute Gasteiger partial charge is 0.180 e. The van der Waals surface area contributed by atoms with Gasteiger partial charge in [0.25, 0.3) is 0 Å². The molecule has 4 heteroatoms. The van der Waals surface area contributed by atoms with Crippen molar-refractivity contribution in [3.63, 3.8) is 0 Å². The molecule has 0 aliphatic carbocycles. The molecular formula is C11H24O4. The Hall–Kier alpha value is -0.160. The number of hydrogen-bond donors (Lipinski definition) is 1. The van der Waals surface area contributed by atoms with E-state index in [-0.39, 0.29) is 12.7 Å². The van der Waals surface area contributed by atoms with Crippen LogP contribution in [0.1, 0.15) is 33.6 Å². The van der Waals surface area contributed by atoms with Crippen LogP contribution in [0, 0.1) is 0 Å². The summed E-state index contributed by atoms with van der Waals surface area (Å²) in [4.78, 5) is 0. The maximum absolute atomic E-state index is 8.92. The molecule has 0 heterocycles. The molecule has 0 aromatic heterocycles. The van der Waals surface area contributed by atoms with Crippen LogP contribution < -0.4 is 0 Å². The van der Waals surface area contributed by atoms with Gasteiger partial charge in [-0.25, -0.2) is 0 Å². The molecule has 0 aliphatic rings. The van der Waals surface area contributed by atoms with Crippen molar-refractivity contribution in [3.8, 4) is 0 Å². The van der Waals surface area contributed by atoms with Crippen LogP contribution >= 0.6 is 0 Å². The standard InChI is InChI=1S/C11H24O4/c1-4-5-6-13-7-8-14-11(9-12)15-10(2)3/h10-12H,4-9H2,1-3H3. The molecule has 0 aromatic carbocycles. The maximum atomic E-state index is 8.92. The fourth-order valence-corrected chi connectivity index (χ4v) is 1.03. The van der Waals surface area contributed by atoms with Crippen LogP contribution in [-0.4, -0.2) is 43.9 Å². The van der Waals surface area contributed by atoms with Gasteiger partial charge in [0.1, 0.15) is 0 Å². The molecule has 0 aliphatic heterocycles. The van der Waals surface area contributed by atoms with Gasteiger partial charge in [0.15, 0.2) is 6.29 Å². The number of rotatable bonds is 10. The van der Waals surface area contributed by atoms with Crippen molar-refractivity contribution in [2.75, 3.05) is 26.4 Å². The Labute approximate surface area is 92.5 Å². The van der Waals surface area contributed by atoms with Gasteiger partial charge in [0.05, 0.1) is 25.9 Å². The summed E-state index contributed by atoms with van der Waals surface area (Å²) in [5.74, 6) is 0. The lowest BCUT2D eigenvalue weighted by Gasteiger charge is -2.18. The first-order valence-electron chi connectivity index (χ1n) is 5.66. The predicted molar refractivity (Wildman–Crippen MR) is 58.8 cm³/mol. The second-order valence-electron chi connectivity index (χ2n) is 3.63. The second kappa shape index (κ2) is 10.4. The molecule has 92 valence electrons. The topological polar surface area (TPSA) is 47.9 Å². The van der Waals surface area contributed by atoms with Gasteiger partial charge in [-0.05, 0) is 20.3 Å². The summed E-state index contributed by atoms with van der Waals surface area (Å²) in [7, 11) is 0. The van der Waals surface area contributed by atoms with E-state index in [2.05, 4.69) is 6.92 Å². The molecular weight excluding hydrogens is 196 g/mol. The van der Waals surface area contributed by atoms with Gasteiger partial charge >= 0.3 is 0 Å². The lowest BCUT2D eigenvalue weighted by Crippen LogP contribution is -2.26. The molecule has 0 saturated carbocycles. The monoisotopic (exact) mass is 220 g/mol. The molecule has 0 fully saturated rings. The molecule has 0 radical (unpaired) electrons. The molecule has 0 rings (SSSR count). The summed E-state index contributed by atoms with van der Waals surface area (Å²) in [6.07, 6.45) is 1.74. The molecule has 0 bridgehead atoms. The molecule has 0 amide bonds. The fourth-order valence-electron chi connectivity index (χ4n) is 1.03. The highest BCUT2D eigenvalue weighted by atomic mass is 16.7. The van der Waals surface area contributed by atoms with E-state index >= 15 is 0 Å². The zero-order chi connectivity index (χ0) is 11.5. The fraction of sp³-hybridized carbons (Fsp3) is 1.00. The molecule has 4 nitrogen and oxygen atoms in total. The van der Waals surface area contributed by atoms with Crippen LogP contribution in [0.5, 0.6) is 0 Å². The van der Waals surface area contributed by atoms with E-state index in [9.17, 15) is 0 Å². The van der Waals surface area contributed by atoms with E-state index < -0.39 is 6.29 Å². The average molecular weight is 220 g/mol. The van der Waals surface area contributed by atoms with E-state index in [1.165, 1.54) is 0 Å². The highest BCUT2D eigenvalue weighted by Crippen LogP contribution is 1.99. The Morgan fingerprint density at radius 3 is 2.40 bits per heavy atom. The van der Waals surface area contributed by atoms with Crippen molar-refractivity contribution in [2.24, 2.45) is 0 Å². The van der Waals surface area contributed by atoms with Crippen LogP contribution in [0.4, 0.5) is 0 Å². The molecule has 0 spiro atoms. The predicted octanol–water partition coefficient (Wildman–Crippen LogP) is 1.56. The second-order valence-corrected chi connectivity index (χ2v) is 3.63. The molecule has 0 aromatic rings. The van der Waals surface area contributed by atoms with E-state index in [1.54, 1.807) is 0 Å². The van der Waals surface area contributed by atoms with Gasteiger partial charge in [-0.2, -0.15) is 0 Å². The third-order valence-electron chi connectivity index (χ3n) is 1.75. The Morgan fingerprint density at radius 2 is 1.87 bits per heavy atom. The Balaban J connectivity index is 3.30. The van der Waals surface area contributed by atoms with Crippen molar-refractivity contribution in [1.29, 1.82) is 0 Å². The van der Waals surface area contributed by atoms with Crippen molar-refractivity contribution in [2.45, 2.75) is 46.0 Å². The zero-order valence-corrected chi connectivity index (χ0v) is 10.1. The van der Waals surface area contributed by atoms with Gasteiger partial charge in [0.2, 0.25) is 0 Å². The van der Waals surface area contributed by atoms with Crippen LogP contribution in [-0.2, 0) is 14.2 Å². The quantitative estimate of drug-likeness (QED) is 0.448. The number of unbranched alkanes of at least 4 members (excludes halogenated alkanes) is 1. The van der Waals surface area contributed by atoms with Crippen molar-refractivity contribution in [1.82, 2.24) is 0 Å². The van der Waals surface area contributed by atoms with Crippen LogP contribution in [0.3, 0.4) is 0 Å². The van der Waals surface area contributed by atoms with Gasteiger partial charge in [0, 0.05) is 6.61 Å². The Kier molecular flexibility index (Phi) is 10.3. The summed E-state index contributed by atoms with van der Waals surface area (Å²) in [5, 5.41) is 8.92. The Morgan fingerprint density at radius 1 is 1.13 bits per heavy atom. The first-order chi connectivity index (χ1) is 7.20. The minimum atomic E-state index is -0.528. The number of aliphatic hydroxyl groups is 1. The molecule has 1 unspecified atom stereocenters. The maximum Gasteiger partial charge on any atom is 0.180 e. The highest BCUT2D eigenvalue weighted by molar-refractivity contribution is 4.44. The lowest BCUT2D eigenvalue weighted by atomic mass is 10.4. The third-order valence-corrected chi connectivity index (χ3v) is 1.75. The zero-order valence-electron chi connectivity index (χ0n) is 10.1. The summed E-state index contributed by atoms with van der Waals surface area (Å²) in [6, 6.07) is 0. The van der Waals surface area contributed by atoms with Crippen LogP contribution in [0.25, 0.3) is 0 Å². The average Bonchev–Trinajstić information content (AvgIpc) is 2.20. The lowest BCUT2D eigenvalue weighted by molar-refractivity contribution is -0.186. The highest BCUT2D eigenvalue weighted by Gasteiger charge is 2.09. The summed E-state index contributed by atoms with van der Waals surface area (Å²) >= 11 is 0. The van der Waals surface area contributed by atoms with E-state index in [0.717, 1.165) is 19.4 Å². The largest absolute Gasteiger partial charge is 0.391 e. The normalized spacial score (nSPS) is 13.4. The van der Waals surface area contributed by atoms with E-state index in [4.69, 9.17) is 19.3 Å². The summed E-state index contributed by atoms with van der Waals surface area (Å²) in [5.41, 5.74) is 0. The third kappa shape index (κ3) is 10.1. The van der Waals surface area contributed by atoms with Crippen molar-refractivity contribution < 1.29 is 19.3 Å². The first-order valence-corrected chi connectivity index (χ1v) is 5.66. The van der Waals surface area contributed by atoms with Gasteiger partial charge < -0.3 is 19.3 Å². The SMILES string of the molecule is CCCCOCCOC(CO)OC(C)C. The van der Waals surface area contributed by atoms with Gasteiger partial charge in [-0.3, -0.25) is 0 Å². The minimum Gasteiger partial charge on any atom is -0.391 e. The summed E-state index contributed by atoms with van der Waals surface area (Å²) in [6.45, 7) is 7.60. The van der Waals surface area contributed by atoms with Crippen LogP contribution in [0.2, 0.25) is 0 Å². The van der Waals surface area contributed by atoms with Gasteiger partial charge in [-0.15, -0.1) is 0 Å². The molecule has 15 heavy (non-hydrogen) atoms. The molecule has 0 saturated heterocycles. The van der Waals surface area contributed by atoms with E-state index in [1.807, 2.05) is 13.8 Å². The number of ether oxygens (including phenoxy) is 3. The number of hydrogen-bond acceptors (Lipinski definition) is 4. The summed E-state index contributed by atoms with van der Waals surface area (Å²) < 4.78 is 15.9. The van der Waals surface area contributed by atoms with Crippen LogP contribution in [0.15, 0.2) is 0 Å². The Bertz CT molecular complexity index is 128. The first kappa shape index (κ1) is 14.8. The van der Waals surface area contributed by atoms with E-state index in [0.29, 0.717) is 13.2 Å². The molecule has 1 atom stereocenters. The molecule has 1 N–H and O–H groups in total. The minimum absolute atomic E-state index is 0.0585.